The van der Waals surface area contributed by atoms with E-state index in [0.29, 0.717) is 35.8 Å². The van der Waals surface area contributed by atoms with E-state index in [4.69, 9.17) is 9.47 Å². The molecule has 3 atom stereocenters. The van der Waals surface area contributed by atoms with Gasteiger partial charge < -0.3 is 25.0 Å². The smallest absolute Gasteiger partial charge is 0.323 e. The van der Waals surface area contributed by atoms with Crippen LogP contribution in [0.5, 0.6) is 5.75 Å². The molecule has 1 fully saturated rings. The maximum atomic E-state index is 13.5. The number of amides is 3. The molecule has 1 heterocycles. The number of para-hydroxylation sites is 1. The number of urea groups is 1. The maximum absolute atomic E-state index is 13.5. The molecule has 194 valence electrons. The predicted molar refractivity (Wildman–Crippen MR) is 142 cm³/mol. The molecule has 2 aromatic carbocycles. The minimum atomic E-state index is -0.381. The topological polar surface area (TPSA) is 83.1 Å². The van der Waals surface area contributed by atoms with Crippen LogP contribution in [0.2, 0.25) is 0 Å². The number of benzene rings is 2. The fourth-order valence-corrected chi connectivity index (χ4v) is 4.63. The second kappa shape index (κ2) is 11.8. The molecule has 2 aliphatic rings. The highest BCUT2D eigenvalue weighted by atomic mass is 16.5. The van der Waals surface area contributed by atoms with Crippen LogP contribution in [0.3, 0.4) is 0 Å². The molecule has 2 aromatic rings. The van der Waals surface area contributed by atoms with Gasteiger partial charge in [0, 0.05) is 51.2 Å². The third-order valence-corrected chi connectivity index (χ3v) is 7.05. The Hall–Kier alpha value is -3.10. The van der Waals surface area contributed by atoms with E-state index in [1.54, 1.807) is 37.3 Å². The lowest BCUT2D eigenvalue weighted by atomic mass is 10.0. The van der Waals surface area contributed by atoms with Crippen LogP contribution in [0.25, 0.3) is 0 Å². The molecule has 2 N–H and O–H groups in total. The number of ether oxygens (including phenoxy) is 2. The van der Waals surface area contributed by atoms with E-state index in [2.05, 4.69) is 29.4 Å². The van der Waals surface area contributed by atoms with E-state index in [1.165, 1.54) is 12.8 Å². The number of likely N-dealkylation sites (N-methyl/N-ethyl adjacent to an activating group) is 1. The summed E-state index contributed by atoms with van der Waals surface area (Å²) in [6, 6.07) is 14.2. The highest BCUT2D eigenvalue weighted by Gasteiger charge is 2.31. The summed E-state index contributed by atoms with van der Waals surface area (Å²) in [5, 5.41) is 5.62. The number of carbonyl (C=O) groups is 2. The van der Waals surface area contributed by atoms with Crippen LogP contribution in [-0.4, -0.2) is 74.3 Å². The Kier molecular flexibility index (Phi) is 8.48. The molecule has 1 aliphatic carbocycles. The average molecular weight is 495 g/mol. The summed E-state index contributed by atoms with van der Waals surface area (Å²) in [4.78, 5) is 30.2. The Labute approximate surface area is 213 Å². The lowest BCUT2D eigenvalue weighted by Gasteiger charge is -2.36. The number of nitrogens with zero attached hydrogens (tertiary/aromatic N) is 2. The van der Waals surface area contributed by atoms with Crippen molar-refractivity contribution in [3.63, 3.8) is 0 Å². The zero-order valence-corrected chi connectivity index (χ0v) is 21.7. The number of nitrogens with one attached hydrogen (secondary N) is 2. The summed E-state index contributed by atoms with van der Waals surface area (Å²) in [6.07, 6.45) is 2.49. The SMILES string of the molecule is CO[C@H]1CN(C)C(=O)c2cc(NC(=O)Nc3ccccc3)ccc2OC[C@H](C)N(CC2CC2)C[C@H]1C. The first-order valence-electron chi connectivity index (χ1n) is 12.8. The van der Waals surface area contributed by atoms with Gasteiger partial charge in [0.1, 0.15) is 12.4 Å². The number of fused-ring (bicyclic) bond motifs is 1. The van der Waals surface area contributed by atoms with E-state index in [9.17, 15) is 9.59 Å². The van der Waals surface area contributed by atoms with Crippen LogP contribution in [0, 0.1) is 11.8 Å². The number of rotatable bonds is 5. The quantitative estimate of drug-likeness (QED) is 0.637. The van der Waals surface area contributed by atoms with Crippen LogP contribution in [0.15, 0.2) is 48.5 Å². The Morgan fingerprint density at radius 3 is 2.47 bits per heavy atom. The molecule has 1 saturated carbocycles. The van der Waals surface area contributed by atoms with E-state index in [0.717, 1.165) is 19.0 Å². The number of hydrogen-bond acceptors (Lipinski definition) is 5. The molecule has 36 heavy (non-hydrogen) atoms. The molecule has 0 aromatic heterocycles. The third kappa shape index (κ3) is 6.77. The number of methoxy groups -OCH3 is 1. The molecule has 0 spiro atoms. The van der Waals surface area contributed by atoms with Crippen molar-refractivity contribution >= 4 is 23.3 Å². The van der Waals surface area contributed by atoms with Gasteiger partial charge in [-0.25, -0.2) is 4.79 Å². The fraction of sp³-hybridized carbons (Fsp3) is 0.500. The molecule has 4 rings (SSSR count). The molecule has 0 radical (unpaired) electrons. The summed E-state index contributed by atoms with van der Waals surface area (Å²) in [7, 11) is 3.49. The van der Waals surface area contributed by atoms with Crippen LogP contribution < -0.4 is 15.4 Å². The molecule has 3 amide bonds. The fourth-order valence-electron chi connectivity index (χ4n) is 4.63. The van der Waals surface area contributed by atoms with Crippen molar-refractivity contribution in [3.8, 4) is 5.75 Å². The maximum Gasteiger partial charge on any atom is 0.323 e. The van der Waals surface area contributed by atoms with E-state index >= 15 is 0 Å². The van der Waals surface area contributed by atoms with E-state index in [1.807, 2.05) is 30.3 Å². The van der Waals surface area contributed by atoms with Gasteiger partial charge >= 0.3 is 6.03 Å². The summed E-state index contributed by atoms with van der Waals surface area (Å²) in [5.74, 6) is 1.36. The first-order valence-corrected chi connectivity index (χ1v) is 12.8. The van der Waals surface area contributed by atoms with Crippen molar-refractivity contribution in [2.75, 3.05) is 51.0 Å². The molecule has 0 bridgehead atoms. The molecule has 0 unspecified atom stereocenters. The highest BCUT2D eigenvalue weighted by Crippen LogP contribution is 2.32. The number of anilines is 2. The standard InChI is InChI=1S/C28H38N4O4/c1-19-15-32(16-21-10-11-21)20(2)18-36-25-13-12-23(30-28(34)29-22-8-6-5-7-9-22)14-24(25)27(33)31(3)17-26(19)35-4/h5-9,12-14,19-21,26H,10-11,15-18H2,1-4H3,(H2,29,30,34)/t19-,20+,26+/m1/s1. The van der Waals surface area contributed by atoms with Gasteiger partial charge in [0.05, 0.1) is 11.7 Å². The highest BCUT2D eigenvalue weighted by molar-refractivity contribution is 6.02. The Bertz CT molecular complexity index is 1040. The van der Waals surface area contributed by atoms with Crippen molar-refractivity contribution in [2.24, 2.45) is 11.8 Å². The molecule has 0 saturated heterocycles. The summed E-state index contributed by atoms with van der Waals surface area (Å²) in [6.45, 7) is 7.27. The van der Waals surface area contributed by atoms with Gasteiger partial charge in [-0.1, -0.05) is 25.1 Å². The molecular formula is C28H38N4O4. The largest absolute Gasteiger partial charge is 0.491 e. The summed E-state index contributed by atoms with van der Waals surface area (Å²) in [5.41, 5.74) is 1.61. The minimum Gasteiger partial charge on any atom is -0.491 e. The zero-order valence-electron chi connectivity index (χ0n) is 21.7. The van der Waals surface area contributed by atoms with Crippen LogP contribution in [0.1, 0.15) is 37.0 Å². The van der Waals surface area contributed by atoms with Gasteiger partial charge in [0.2, 0.25) is 0 Å². The van der Waals surface area contributed by atoms with Crippen molar-refractivity contribution in [3.05, 3.63) is 54.1 Å². The number of carbonyl (C=O) groups excluding carboxylic acids is 2. The van der Waals surface area contributed by atoms with Crippen molar-refractivity contribution in [1.82, 2.24) is 9.80 Å². The van der Waals surface area contributed by atoms with Crippen LogP contribution in [0.4, 0.5) is 16.2 Å². The minimum absolute atomic E-state index is 0.0883. The number of hydrogen-bond donors (Lipinski definition) is 2. The van der Waals surface area contributed by atoms with Crippen molar-refractivity contribution < 1.29 is 19.1 Å². The van der Waals surface area contributed by atoms with Gasteiger partial charge in [0.25, 0.3) is 5.91 Å². The van der Waals surface area contributed by atoms with Gasteiger partial charge in [-0.2, -0.15) is 0 Å². The van der Waals surface area contributed by atoms with Gasteiger partial charge in [0.15, 0.2) is 0 Å². The second-order valence-corrected chi connectivity index (χ2v) is 10.2. The predicted octanol–water partition coefficient (Wildman–Crippen LogP) is 4.55. The van der Waals surface area contributed by atoms with Crippen LogP contribution >= 0.6 is 0 Å². The second-order valence-electron chi connectivity index (χ2n) is 10.2. The van der Waals surface area contributed by atoms with Gasteiger partial charge in [-0.15, -0.1) is 0 Å². The third-order valence-electron chi connectivity index (χ3n) is 7.05. The van der Waals surface area contributed by atoms with Crippen LogP contribution in [-0.2, 0) is 4.74 Å². The molecule has 1 aliphatic heterocycles. The lowest BCUT2D eigenvalue weighted by molar-refractivity contribution is 0.00994. The Morgan fingerprint density at radius 2 is 1.78 bits per heavy atom. The van der Waals surface area contributed by atoms with Crippen molar-refractivity contribution in [2.45, 2.75) is 38.8 Å². The average Bonchev–Trinajstić information content (AvgIpc) is 3.69. The first kappa shape index (κ1) is 26.0. The van der Waals surface area contributed by atoms with Gasteiger partial charge in [-0.05, 0) is 61.9 Å². The lowest BCUT2D eigenvalue weighted by Crippen LogP contribution is -2.47. The molecular weight excluding hydrogens is 456 g/mol. The molecule has 8 nitrogen and oxygen atoms in total. The Morgan fingerprint density at radius 1 is 1.06 bits per heavy atom. The molecule has 8 heteroatoms. The monoisotopic (exact) mass is 494 g/mol. The Balaban J connectivity index is 1.56. The summed E-state index contributed by atoms with van der Waals surface area (Å²) >= 11 is 0. The zero-order chi connectivity index (χ0) is 25.7. The summed E-state index contributed by atoms with van der Waals surface area (Å²) < 4.78 is 12.1. The normalized spacial score (nSPS) is 23.6. The van der Waals surface area contributed by atoms with Crippen molar-refractivity contribution in [1.29, 1.82) is 0 Å². The van der Waals surface area contributed by atoms with E-state index in [-0.39, 0.29) is 30.0 Å². The van der Waals surface area contributed by atoms with Gasteiger partial charge in [-0.3, -0.25) is 9.69 Å². The first-order chi connectivity index (χ1) is 17.3. The van der Waals surface area contributed by atoms with E-state index < -0.39 is 0 Å².